The first kappa shape index (κ1) is 32.4. The molecule has 4 aromatic rings. The van der Waals surface area contributed by atoms with Crippen molar-refractivity contribution in [1.82, 2.24) is 10.2 Å². The number of carbonyl (C=O) groups is 2. The van der Waals surface area contributed by atoms with Crippen molar-refractivity contribution in [2.75, 3.05) is 13.6 Å². The van der Waals surface area contributed by atoms with Gasteiger partial charge in [-0.05, 0) is 71.5 Å². The molecule has 0 aliphatic heterocycles. The first-order valence-electron chi connectivity index (χ1n) is 13.8. The summed E-state index contributed by atoms with van der Waals surface area (Å²) in [5.74, 6) is -1.24. The molecule has 0 saturated carbocycles. The summed E-state index contributed by atoms with van der Waals surface area (Å²) in [4.78, 5) is 27.2. The highest BCUT2D eigenvalue weighted by Crippen LogP contribution is 2.36. The van der Waals surface area contributed by atoms with Gasteiger partial charge in [-0.25, -0.2) is 0 Å². The van der Waals surface area contributed by atoms with Crippen molar-refractivity contribution in [2.24, 2.45) is 0 Å². The van der Waals surface area contributed by atoms with Crippen LogP contribution in [-0.4, -0.2) is 41.5 Å². The zero-order valence-electron chi connectivity index (χ0n) is 23.7. The Morgan fingerprint density at radius 2 is 1.39 bits per heavy atom. The van der Waals surface area contributed by atoms with Gasteiger partial charge in [0.05, 0.1) is 11.1 Å². The van der Waals surface area contributed by atoms with Crippen LogP contribution in [0.5, 0.6) is 5.75 Å². The van der Waals surface area contributed by atoms with Gasteiger partial charge in [-0.2, -0.15) is 26.3 Å². The molecular weight excluding hydrogens is 586 g/mol. The van der Waals surface area contributed by atoms with E-state index >= 15 is 0 Å². The molecule has 0 bridgehead atoms. The average Bonchev–Trinajstić information content (AvgIpc) is 2.98. The molecule has 5 nitrogen and oxygen atoms in total. The summed E-state index contributed by atoms with van der Waals surface area (Å²) in [5, 5.41) is 14.1. The second-order valence-corrected chi connectivity index (χ2v) is 10.6. The van der Waals surface area contributed by atoms with Crippen molar-refractivity contribution in [2.45, 2.75) is 44.1 Å². The first-order chi connectivity index (χ1) is 20.7. The lowest BCUT2D eigenvalue weighted by Crippen LogP contribution is -2.40. The maximum Gasteiger partial charge on any atom is 0.416 e. The van der Waals surface area contributed by atoms with Crippen LogP contribution < -0.4 is 5.32 Å². The number of phenols is 1. The van der Waals surface area contributed by atoms with Crippen LogP contribution in [0.2, 0.25) is 0 Å². The Labute approximate surface area is 250 Å². The van der Waals surface area contributed by atoms with Crippen LogP contribution in [0.4, 0.5) is 26.3 Å². The number of nitrogens with zero attached hydrogens (tertiary/aromatic N) is 1. The predicted molar refractivity (Wildman–Crippen MR) is 154 cm³/mol. The van der Waals surface area contributed by atoms with Gasteiger partial charge in [0.1, 0.15) is 5.75 Å². The highest BCUT2D eigenvalue weighted by Gasteiger charge is 2.38. The third kappa shape index (κ3) is 8.52. The molecule has 0 aliphatic rings. The number of alkyl halides is 6. The van der Waals surface area contributed by atoms with Gasteiger partial charge in [0.2, 0.25) is 5.91 Å². The number of nitrogens with one attached hydrogen (secondary N) is 1. The molecule has 11 heteroatoms. The third-order valence-electron chi connectivity index (χ3n) is 7.36. The molecule has 1 atom stereocenters. The van der Waals surface area contributed by atoms with Gasteiger partial charge in [-0.3, -0.25) is 9.59 Å². The number of amides is 2. The number of halogens is 6. The summed E-state index contributed by atoms with van der Waals surface area (Å²) in [6.07, 6.45) is -9.43. The van der Waals surface area contributed by atoms with Gasteiger partial charge in [-0.15, -0.1) is 0 Å². The molecular formula is C33H30F6N2O3. The van der Waals surface area contributed by atoms with E-state index in [4.69, 9.17) is 0 Å². The van der Waals surface area contributed by atoms with Crippen LogP contribution in [0.1, 0.15) is 45.5 Å². The number of fused-ring (bicyclic) bond motifs is 1. The first-order valence-corrected chi connectivity index (χ1v) is 13.8. The minimum atomic E-state index is -5.10. The Kier molecular flexibility index (Phi) is 9.86. The van der Waals surface area contributed by atoms with Crippen molar-refractivity contribution in [3.63, 3.8) is 0 Å². The molecule has 1 unspecified atom stereocenters. The van der Waals surface area contributed by atoms with Crippen molar-refractivity contribution < 1.29 is 41.0 Å². The minimum Gasteiger partial charge on any atom is -0.508 e. The van der Waals surface area contributed by atoms with Crippen LogP contribution in [-0.2, 0) is 30.0 Å². The van der Waals surface area contributed by atoms with Crippen LogP contribution in [0.3, 0.4) is 0 Å². The molecule has 2 amide bonds. The molecule has 0 saturated heterocycles. The Morgan fingerprint density at radius 3 is 2.00 bits per heavy atom. The quantitative estimate of drug-likeness (QED) is 0.183. The number of rotatable bonds is 10. The summed E-state index contributed by atoms with van der Waals surface area (Å²) in [6.45, 7) is 0.304. The van der Waals surface area contributed by atoms with Gasteiger partial charge in [0.25, 0.3) is 5.91 Å². The van der Waals surface area contributed by atoms with E-state index in [1.54, 1.807) is 12.1 Å². The van der Waals surface area contributed by atoms with Gasteiger partial charge in [-0.1, -0.05) is 54.6 Å². The topological polar surface area (TPSA) is 69.6 Å². The molecule has 0 aromatic heterocycles. The second kappa shape index (κ2) is 13.4. The van der Waals surface area contributed by atoms with E-state index in [0.717, 1.165) is 26.8 Å². The lowest BCUT2D eigenvalue weighted by Gasteiger charge is -2.29. The Hall–Kier alpha value is -4.54. The standard InChI is InChI=1S/C33H30F6N2O3/c1-41(31(44)25-18-26(32(34,35)36)20-27(19-25)33(37,38)39)28(17-22-6-9-23-4-2-3-5-24(23)16-22)10-13-30(43)40-15-14-21-7-11-29(42)12-8-21/h2-9,11-12,16,18-20,28,42H,10,13-15,17H2,1H3,(H,40,43). The van der Waals surface area contributed by atoms with E-state index < -0.39 is 41.0 Å². The van der Waals surface area contributed by atoms with Crippen LogP contribution in [0, 0.1) is 0 Å². The lowest BCUT2D eigenvalue weighted by atomic mass is 9.97. The van der Waals surface area contributed by atoms with E-state index in [-0.39, 0.29) is 37.0 Å². The van der Waals surface area contributed by atoms with Crippen molar-refractivity contribution >= 4 is 22.6 Å². The van der Waals surface area contributed by atoms with Crippen molar-refractivity contribution in [3.8, 4) is 5.75 Å². The van der Waals surface area contributed by atoms with Crippen LogP contribution >= 0.6 is 0 Å². The Bertz CT molecular complexity index is 1580. The molecule has 0 radical (unpaired) electrons. The number of hydrogen-bond acceptors (Lipinski definition) is 3. The number of carbonyl (C=O) groups excluding carboxylic acids is 2. The van der Waals surface area contributed by atoms with E-state index in [0.29, 0.717) is 25.1 Å². The largest absolute Gasteiger partial charge is 0.508 e. The Balaban J connectivity index is 1.55. The fraction of sp³-hybridized carbons (Fsp3) is 0.273. The second-order valence-electron chi connectivity index (χ2n) is 10.6. The summed E-state index contributed by atoms with van der Waals surface area (Å²) >= 11 is 0. The van der Waals surface area contributed by atoms with E-state index in [2.05, 4.69) is 5.32 Å². The fourth-order valence-electron chi connectivity index (χ4n) is 4.91. The zero-order valence-corrected chi connectivity index (χ0v) is 23.7. The van der Waals surface area contributed by atoms with Crippen LogP contribution in [0.25, 0.3) is 10.8 Å². The maximum atomic E-state index is 13.5. The molecule has 0 heterocycles. The van der Waals surface area contributed by atoms with E-state index in [1.807, 2.05) is 42.5 Å². The van der Waals surface area contributed by atoms with Gasteiger partial charge in [0.15, 0.2) is 0 Å². The summed E-state index contributed by atoms with van der Waals surface area (Å²) in [6, 6.07) is 19.7. The molecule has 4 rings (SSSR count). The normalized spacial score (nSPS) is 12.6. The smallest absolute Gasteiger partial charge is 0.416 e. The van der Waals surface area contributed by atoms with E-state index in [1.165, 1.54) is 19.2 Å². The average molecular weight is 617 g/mol. The molecule has 44 heavy (non-hydrogen) atoms. The Morgan fingerprint density at radius 1 is 0.795 bits per heavy atom. The fourth-order valence-corrected chi connectivity index (χ4v) is 4.91. The summed E-state index contributed by atoms with van der Waals surface area (Å²) in [7, 11) is 1.31. The maximum absolute atomic E-state index is 13.5. The highest BCUT2D eigenvalue weighted by molar-refractivity contribution is 5.95. The monoisotopic (exact) mass is 616 g/mol. The highest BCUT2D eigenvalue weighted by atomic mass is 19.4. The van der Waals surface area contributed by atoms with Gasteiger partial charge >= 0.3 is 12.4 Å². The predicted octanol–water partition coefficient (Wildman–Crippen LogP) is 7.41. The molecule has 0 aliphatic carbocycles. The number of phenolic OH excluding ortho intramolecular Hbond substituents is 1. The van der Waals surface area contributed by atoms with Crippen LogP contribution in [0.15, 0.2) is 84.9 Å². The summed E-state index contributed by atoms with van der Waals surface area (Å²) < 4.78 is 80.8. The number of hydrogen-bond donors (Lipinski definition) is 2. The van der Waals surface area contributed by atoms with Crippen molar-refractivity contribution in [3.05, 3.63) is 113 Å². The molecule has 232 valence electrons. The minimum absolute atomic E-state index is 0.0220. The third-order valence-corrected chi connectivity index (χ3v) is 7.36. The number of benzene rings is 4. The summed E-state index contributed by atoms with van der Waals surface area (Å²) in [5.41, 5.74) is -2.24. The zero-order chi connectivity index (χ0) is 32.1. The number of likely N-dealkylation sites (N-methyl/N-ethyl adjacent to an activating group) is 1. The van der Waals surface area contributed by atoms with E-state index in [9.17, 15) is 41.0 Å². The molecule has 0 fully saturated rings. The number of aromatic hydroxyl groups is 1. The lowest BCUT2D eigenvalue weighted by molar-refractivity contribution is -0.143. The molecule has 0 spiro atoms. The molecule has 4 aromatic carbocycles. The van der Waals surface area contributed by atoms with Crippen molar-refractivity contribution in [1.29, 1.82) is 0 Å². The van der Waals surface area contributed by atoms with Gasteiger partial charge in [0, 0.05) is 31.6 Å². The van der Waals surface area contributed by atoms with Gasteiger partial charge < -0.3 is 15.3 Å². The molecule has 2 N–H and O–H groups in total. The SMILES string of the molecule is CN(C(=O)c1cc(C(F)(F)F)cc(C(F)(F)F)c1)C(CCC(=O)NCCc1ccc(O)cc1)Cc1ccc2ccccc2c1.